The van der Waals surface area contributed by atoms with Crippen LogP contribution in [0.15, 0.2) is 0 Å². The zero-order valence-corrected chi connectivity index (χ0v) is 10.8. The van der Waals surface area contributed by atoms with Gasteiger partial charge in [-0.1, -0.05) is 0 Å². The highest BCUT2D eigenvalue weighted by molar-refractivity contribution is 5.68. The second-order valence-electron chi connectivity index (χ2n) is 4.02. The second kappa shape index (κ2) is 6.48. The van der Waals surface area contributed by atoms with Crippen LogP contribution in [-0.4, -0.2) is 54.2 Å². The van der Waals surface area contributed by atoms with Crippen LogP contribution < -0.4 is 0 Å². The third-order valence-corrected chi connectivity index (χ3v) is 2.32. The molecule has 0 saturated carbocycles. The van der Waals surface area contributed by atoms with Gasteiger partial charge in [-0.15, -0.1) is 0 Å². The van der Waals surface area contributed by atoms with Crippen LogP contribution in [0.3, 0.4) is 0 Å². The predicted octanol–water partition coefficient (Wildman–Crippen LogP) is -0.870. The zero-order valence-electron chi connectivity index (χ0n) is 10.8. The molecule has 8 nitrogen and oxygen atoms in total. The Kier molecular flexibility index (Phi) is 5.25. The van der Waals surface area contributed by atoms with Crippen molar-refractivity contribution in [2.45, 2.75) is 45.4 Å². The lowest BCUT2D eigenvalue weighted by Gasteiger charge is -2.38. The molecule has 1 heterocycles. The molecule has 1 rings (SSSR count). The summed E-state index contributed by atoms with van der Waals surface area (Å²) >= 11 is 0. The van der Waals surface area contributed by atoms with E-state index in [9.17, 15) is 19.5 Å². The summed E-state index contributed by atoms with van der Waals surface area (Å²) in [5.74, 6) is -1.95. The number of aliphatic hydroxyl groups excluding tert-OH is 1. The number of hydrogen-bond donors (Lipinski definition) is 1. The van der Waals surface area contributed by atoms with E-state index < -0.39 is 42.5 Å². The maximum absolute atomic E-state index is 11.1. The Morgan fingerprint density at radius 2 is 1.42 bits per heavy atom. The fraction of sp³-hybridized carbons (Fsp3) is 0.727. The first kappa shape index (κ1) is 15.4. The summed E-state index contributed by atoms with van der Waals surface area (Å²) in [5.41, 5.74) is 0. The summed E-state index contributed by atoms with van der Waals surface area (Å²) in [6, 6.07) is 0. The molecule has 0 bridgehead atoms. The molecule has 19 heavy (non-hydrogen) atoms. The highest BCUT2D eigenvalue weighted by Crippen LogP contribution is 2.23. The largest absolute Gasteiger partial charge is 0.456 e. The van der Waals surface area contributed by atoms with Gasteiger partial charge in [0.1, 0.15) is 0 Å². The van der Waals surface area contributed by atoms with E-state index >= 15 is 0 Å². The number of hydrogen-bond acceptors (Lipinski definition) is 8. The smallest absolute Gasteiger partial charge is 0.303 e. The summed E-state index contributed by atoms with van der Waals surface area (Å²) in [7, 11) is 0. The van der Waals surface area contributed by atoms with Crippen molar-refractivity contribution in [1.82, 2.24) is 0 Å². The van der Waals surface area contributed by atoms with E-state index in [0.29, 0.717) is 0 Å². The van der Waals surface area contributed by atoms with Crippen molar-refractivity contribution in [3.05, 3.63) is 0 Å². The number of ether oxygens (including phenoxy) is 4. The molecule has 8 heteroatoms. The van der Waals surface area contributed by atoms with E-state index in [1.807, 2.05) is 0 Å². The minimum Gasteiger partial charge on any atom is -0.456 e. The van der Waals surface area contributed by atoms with Gasteiger partial charge >= 0.3 is 17.9 Å². The maximum Gasteiger partial charge on any atom is 0.303 e. The summed E-state index contributed by atoms with van der Waals surface area (Å²) in [6.45, 7) is 3.29. The van der Waals surface area contributed by atoms with E-state index in [4.69, 9.17) is 18.9 Å². The van der Waals surface area contributed by atoms with Gasteiger partial charge in [-0.2, -0.15) is 0 Å². The molecule has 0 aromatic carbocycles. The number of rotatable bonds is 3. The van der Waals surface area contributed by atoms with Crippen LogP contribution in [0, 0.1) is 0 Å². The molecule has 0 spiro atoms. The third-order valence-electron chi connectivity index (χ3n) is 2.32. The van der Waals surface area contributed by atoms with E-state index in [2.05, 4.69) is 0 Å². The van der Waals surface area contributed by atoms with Crippen molar-refractivity contribution in [3.63, 3.8) is 0 Å². The van der Waals surface area contributed by atoms with Crippen molar-refractivity contribution >= 4 is 17.9 Å². The van der Waals surface area contributed by atoms with E-state index in [1.54, 1.807) is 0 Å². The molecule has 0 amide bonds. The fourth-order valence-electron chi connectivity index (χ4n) is 1.72. The minimum absolute atomic E-state index is 0.170. The number of carbonyl (C=O) groups is 3. The SMILES string of the molecule is CC(=O)OC1CO[C@H](O)[C@@H](OC(C)=O)C1OC(C)=O. The topological polar surface area (TPSA) is 108 Å². The summed E-state index contributed by atoms with van der Waals surface area (Å²) in [4.78, 5) is 33.0. The van der Waals surface area contributed by atoms with Crippen LogP contribution >= 0.6 is 0 Å². The van der Waals surface area contributed by atoms with Gasteiger partial charge in [-0.25, -0.2) is 0 Å². The highest BCUT2D eigenvalue weighted by atomic mass is 16.7. The molecule has 4 atom stereocenters. The van der Waals surface area contributed by atoms with Gasteiger partial charge < -0.3 is 24.1 Å². The monoisotopic (exact) mass is 276 g/mol. The first-order valence-corrected chi connectivity index (χ1v) is 5.62. The Hall–Kier alpha value is -1.67. The number of esters is 3. The summed E-state index contributed by atoms with van der Waals surface area (Å²) < 4.78 is 19.6. The lowest BCUT2D eigenvalue weighted by atomic mass is 10.0. The van der Waals surface area contributed by atoms with Crippen LogP contribution in [0.5, 0.6) is 0 Å². The predicted molar refractivity (Wildman–Crippen MR) is 58.6 cm³/mol. The standard InChI is InChI=1S/C11H16O8/c1-5(12)17-8-4-16-11(15)10(19-7(3)14)9(8)18-6(2)13/h8-11,15H,4H2,1-3H3/t8?,9?,10-,11-/m0/s1. The third kappa shape index (κ3) is 4.49. The van der Waals surface area contributed by atoms with Gasteiger partial charge in [-0.3, -0.25) is 14.4 Å². The quantitative estimate of drug-likeness (QED) is 0.523. The molecular formula is C11H16O8. The van der Waals surface area contributed by atoms with Crippen molar-refractivity contribution < 1.29 is 38.4 Å². The Morgan fingerprint density at radius 1 is 0.947 bits per heavy atom. The van der Waals surface area contributed by atoms with Gasteiger partial charge in [0.15, 0.2) is 24.6 Å². The lowest BCUT2D eigenvalue weighted by molar-refractivity contribution is -0.267. The summed E-state index contributed by atoms with van der Waals surface area (Å²) in [6.07, 6.45) is -4.78. The van der Waals surface area contributed by atoms with Crippen LogP contribution in [0.1, 0.15) is 20.8 Å². The number of aliphatic hydroxyl groups is 1. The minimum atomic E-state index is -1.46. The summed E-state index contributed by atoms with van der Waals surface area (Å²) in [5, 5.41) is 9.62. The van der Waals surface area contributed by atoms with Gasteiger partial charge in [0.25, 0.3) is 0 Å². The number of carbonyl (C=O) groups excluding carboxylic acids is 3. The van der Waals surface area contributed by atoms with Gasteiger partial charge in [0.05, 0.1) is 6.61 Å². The van der Waals surface area contributed by atoms with E-state index in [0.717, 1.165) is 13.8 Å². The molecule has 1 N–H and O–H groups in total. The molecule has 1 fully saturated rings. The Bertz CT molecular complexity index is 366. The molecular weight excluding hydrogens is 260 g/mol. The van der Waals surface area contributed by atoms with Gasteiger partial charge in [-0.05, 0) is 0 Å². The van der Waals surface area contributed by atoms with Crippen molar-refractivity contribution in [2.75, 3.05) is 6.61 Å². The van der Waals surface area contributed by atoms with Crippen molar-refractivity contribution in [3.8, 4) is 0 Å². The molecule has 0 aromatic heterocycles. The van der Waals surface area contributed by atoms with Crippen molar-refractivity contribution in [1.29, 1.82) is 0 Å². The first-order chi connectivity index (χ1) is 8.81. The first-order valence-electron chi connectivity index (χ1n) is 5.62. The van der Waals surface area contributed by atoms with Crippen LogP contribution in [-0.2, 0) is 33.3 Å². The fourth-order valence-corrected chi connectivity index (χ4v) is 1.72. The Labute approximate surface area is 109 Å². The molecule has 0 aromatic rings. The van der Waals surface area contributed by atoms with E-state index in [1.165, 1.54) is 6.92 Å². The van der Waals surface area contributed by atoms with Crippen LogP contribution in [0.4, 0.5) is 0 Å². The van der Waals surface area contributed by atoms with E-state index in [-0.39, 0.29) is 6.61 Å². The second-order valence-corrected chi connectivity index (χ2v) is 4.02. The molecule has 1 saturated heterocycles. The molecule has 0 aliphatic carbocycles. The molecule has 2 unspecified atom stereocenters. The Balaban J connectivity index is 2.89. The highest BCUT2D eigenvalue weighted by Gasteiger charge is 2.46. The lowest BCUT2D eigenvalue weighted by Crippen LogP contribution is -2.57. The maximum atomic E-state index is 11.1. The van der Waals surface area contributed by atoms with Gasteiger partial charge in [0.2, 0.25) is 0 Å². The molecule has 1 aliphatic rings. The average molecular weight is 276 g/mol. The van der Waals surface area contributed by atoms with Gasteiger partial charge in [0, 0.05) is 20.8 Å². The Morgan fingerprint density at radius 3 is 1.89 bits per heavy atom. The normalized spacial score (nSPS) is 30.3. The van der Waals surface area contributed by atoms with Crippen LogP contribution in [0.25, 0.3) is 0 Å². The van der Waals surface area contributed by atoms with Crippen molar-refractivity contribution in [2.24, 2.45) is 0 Å². The zero-order chi connectivity index (χ0) is 14.6. The van der Waals surface area contributed by atoms with Crippen LogP contribution in [0.2, 0.25) is 0 Å². The molecule has 108 valence electrons. The average Bonchev–Trinajstić information content (AvgIpc) is 2.25. The molecule has 1 aliphatic heterocycles. The molecule has 0 radical (unpaired) electrons.